The normalized spacial score (nSPS) is 15.8. The Morgan fingerprint density at radius 1 is 0.562 bits per heavy atom. The summed E-state index contributed by atoms with van der Waals surface area (Å²) in [6.07, 6.45) is 2.33. The Bertz CT molecular complexity index is 3420. The van der Waals surface area contributed by atoms with Gasteiger partial charge in [0, 0.05) is 49.7 Å². The van der Waals surface area contributed by atoms with Crippen LogP contribution in [0.5, 0.6) is 0 Å². The van der Waals surface area contributed by atoms with Crippen LogP contribution in [-0.2, 0) is 27.1 Å². The van der Waals surface area contributed by atoms with Gasteiger partial charge in [0.2, 0.25) is 0 Å². The third-order valence-corrected chi connectivity index (χ3v) is 15.3. The minimum Gasteiger partial charge on any atom is -0.456 e. The first kappa shape index (κ1) is 41.0. The highest BCUT2D eigenvalue weighted by Gasteiger charge is 2.38. The Labute approximate surface area is 380 Å². The van der Waals surface area contributed by atoms with Gasteiger partial charge in [0.05, 0.1) is 5.52 Å². The smallest absolute Gasteiger partial charge is 0.198 e. The molecule has 0 spiro atoms. The molecule has 0 amide bonds. The van der Waals surface area contributed by atoms with Gasteiger partial charge in [-0.2, -0.15) is 0 Å². The number of benzene rings is 7. The van der Waals surface area contributed by atoms with Gasteiger partial charge in [-0.1, -0.05) is 150 Å². The lowest BCUT2D eigenvalue weighted by atomic mass is 9.57. The van der Waals surface area contributed by atoms with Gasteiger partial charge >= 0.3 is 0 Å². The number of fused-ring (bicyclic) bond motifs is 11. The van der Waals surface area contributed by atoms with Gasteiger partial charge < -0.3 is 14.3 Å². The SMILES string of the molecule is CC(C)(C)c1ccc(Nc2cc3c(cc2-c2c4c5c(c6ccccc26)c2cc(C(C)(C)C)ccc2n5-c2ccc(C(C)(C)C)cc2B4)oc2cc4c(cc23)C(C)(C)CCC4(C)C)cc1. The molecule has 9 aromatic rings. The lowest BCUT2D eigenvalue weighted by molar-refractivity contribution is 0.332. The van der Waals surface area contributed by atoms with Crippen molar-refractivity contribution in [1.29, 1.82) is 0 Å². The molecule has 0 radical (unpaired) electrons. The van der Waals surface area contributed by atoms with Crippen LogP contribution in [0.1, 0.15) is 131 Å². The van der Waals surface area contributed by atoms with Crippen LogP contribution in [0.4, 0.5) is 11.4 Å². The second kappa shape index (κ2) is 13.4. The third kappa shape index (κ3) is 6.22. The minimum atomic E-state index is 0.0132. The first-order chi connectivity index (χ1) is 30.1. The number of nitrogens with one attached hydrogen (secondary N) is 1. The summed E-state index contributed by atoms with van der Waals surface area (Å²) in [6.45, 7) is 30.4. The Kier molecular flexibility index (Phi) is 8.59. The van der Waals surface area contributed by atoms with E-state index in [0.29, 0.717) is 0 Å². The zero-order valence-electron chi connectivity index (χ0n) is 40.4. The number of hydrogen-bond acceptors (Lipinski definition) is 2. The van der Waals surface area contributed by atoms with E-state index in [-0.39, 0.29) is 27.1 Å². The summed E-state index contributed by atoms with van der Waals surface area (Å²) in [5.74, 6) is 0. The van der Waals surface area contributed by atoms with Crippen LogP contribution in [0.25, 0.3) is 71.3 Å². The topological polar surface area (TPSA) is 30.1 Å². The average Bonchev–Trinajstić information content (AvgIpc) is 3.76. The van der Waals surface area contributed by atoms with E-state index in [2.05, 4.69) is 209 Å². The number of furan rings is 1. The molecule has 0 unspecified atom stereocenters. The van der Waals surface area contributed by atoms with E-state index in [9.17, 15) is 0 Å². The third-order valence-electron chi connectivity index (χ3n) is 15.3. The summed E-state index contributed by atoms with van der Waals surface area (Å²) in [5.41, 5.74) is 20.2. The molecule has 0 bridgehead atoms. The van der Waals surface area contributed by atoms with Crippen molar-refractivity contribution in [2.24, 2.45) is 0 Å². The van der Waals surface area contributed by atoms with Crippen molar-refractivity contribution >= 4 is 84.1 Å². The fraction of sp³-hybridized carbons (Fsp3) is 0.333. The highest BCUT2D eigenvalue weighted by Crippen LogP contribution is 2.50. The van der Waals surface area contributed by atoms with Crippen LogP contribution in [-0.4, -0.2) is 11.8 Å². The lowest BCUT2D eigenvalue weighted by Gasteiger charge is -2.41. The van der Waals surface area contributed by atoms with E-state index in [4.69, 9.17) is 4.42 Å². The van der Waals surface area contributed by atoms with Crippen molar-refractivity contribution in [2.75, 3.05) is 5.32 Å². The molecular formula is C60H63BN2O. The summed E-state index contributed by atoms with van der Waals surface area (Å²) in [6, 6.07) is 42.3. The minimum absolute atomic E-state index is 0.0132. The summed E-state index contributed by atoms with van der Waals surface area (Å²) in [4.78, 5) is 0. The molecule has 1 aliphatic heterocycles. The van der Waals surface area contributed by atoms with Gasteiger partial charge in [-0.15, -0.1) is 0 Å². The molecule has 0 saturated heterocycles. The van der Waals surface area contributed by atoms with Gasteiger partial charge in [0.25, 0.3) is 0 Å². The van der Waals surface area contributed by atoms with E-state index in [1.165, 1.54) is 94.4 Å². The highest BCUT2D eigenvalue weighted by molar-refractivity contribution is 6.74. The maximum absolute atomic E-state index is 7.08. The van der Waals surface area contributed by atoms with E-state index >= 15 is 0 Å². The zero-order valence-corrected chi connectivity index (χ0v) is 40.4. The van der Waals surface area contributed by atoms with E-state index in [1.807, 2.05) is 0 Å². The van der Waals surface area contributed by atoms with Crippen LogP contribution in [0.2, 0.25) is 0 Å². The van der Waals surface area contributed by atoms with Crippen molar-refractivity contribution in [3.05, 3.63) is 137 Å². The fourth-order valence-electron chi connectivity index (χ4n) is 11.2. The average molecular weight is 839 g/mol. The molecule has 2 aromatic heterocycles. The predicted molar refractivity (Wildman–Crippen MR) is 279 cm³/mol. The number of hydrogen-bond donors (Lipinski definition) is 1. The molecule has 3 nitrogen and oxygen atoms in total. The van der Waals surface area contributed by atoms with Crippen LogP contribution in [0.3, 0.4) is 0 Å². The van der Waals surface area contributed by atoms with Crippen LogP contribution < -0.4 is 16.2 Å². The van der Waals surface area contributed by atoms with E-state index in [0.717, 1.165) is 47.2 Å². The maximum atomic E-state index is 7.08. The Hall–Kier alpha value is -5.74. The number of nitrogens with zero attached hydrogens (tertiary/aromatic N) is 1. The van der Waals surface area contributed by atoms with Crippen molar-refractivity contribution in [3.8, 4) is 16.8 Å². The number of rotatable bonds is 3. The molecule has 4 heteroatoms. The summed E-state index contributed by atoms with van der Waals surface area (Å²) >= 11 is 0. The van der Waals surface area contributed by atoms with Crippen molar-refractivity contribution in [2.45, 2.75) is 130 Å². The standard InChI is InChI=1S/C60H63BN2O/c1-56(2,3)34-18-22-37(23-19-34)62-47-31-41-40-30-44-45(60(12,13)27-26-59(44,10)11)33-51(40)64-50(41)32-42(47)52-38-16-14-15-17-39(38)53-43-28-35(57(4,5)6)20-24-48(43)63-49-25-21-36(58(7,8)9)29-46(49)61-54(52)55(53)63/h14-25,28-33,61-62H,26-27H2,1-13H3. The molecule has 0 atom stereocenters. The highest BCUT2D eigenvalue weighted by atomic mass is 16.3. The molecule has 3 heterocycles. The van der Waals surface area contributed by atoms with Gasteiger partial charge in [-0.3, -0.25) is 0 Å². The molecule has 322 valence electrons. The monoisotopic (exact) mass is 839 g/mol. The van der Waals surface area contributed by atoms with E-state index < -0.39 is 0 Å². The Morgan fingerprint density at radius 2 is 1.14 bits per heavy atom. The molecule has 1 N–H and O–H groups in total. The largest absolute Gasteiger partial charge is 0.456 e. The summed E-state index contributed by atoms with van der Waals surface area (Å²) in [7, 11) is 0.827. The quantitative estimate of drug-likeness (QED) is 0.180. The second-order valence-electron chi connectivity index (χ2n) is 23.8. The molecule has 1 aliphatic carbocycles. The van der Waals surface area contributed by atoms with Gasteiger partial charge in [-0.25, -0.2) is 0 Å². The Morgan fingerprint density at radius 3 is 1.81 bits per heavy atom. The summed E-state index contributed by atoms with van der Waals surface area (Å²) in [5, 5.41) is 11.6. The summed E-state index contributed by atoms with van der Waals surface area (Å²) < 4.78 is 9.68. The molecule has 11 rings (SSSR count). The zero-order chi connectivity index (χ0) is 45.0. The molecule has 7 aromatic carbocycles. The first-order valence-corrected chi connectivity index (χ1v) is 23.7. The second-order valence-corrected chi connectivity index (χ2v) is 23.8. The van der Waals surface area contributed by atoms with Gasteiger partial charge in [0.1, 0.15) is 11.2 Å². The maximum Gasteiger partial charge on any atom is 0.198 e. The molecular weight excluding hydrogens is 775 g/mol. The first-order valence-electron chi connectivity index (χ1n) is 23.7. The number of aromatic nitrogens is 1. The van der Waals surface area contributed by atoms with Gasteiger partial charge in [0.15, 0.2) is 7.28 Å². The van der Waals surface area contributed by atoms with Gasteiger partial charge in [-0.05, 0) is 144 Å². The number of anilines is 2. The fourth-order valence-corrected chi connectivity index (χ4v) is 11.2. The van der Waals surface area contributed by atoms with Crippen LogP contribution >= 0.6 is 0 Å². The molecule has 64 heavy (non-hydrogen) atoms. The molecule has 0 saturated carbocycles. The Balaban J connectivity index is 1.26. The van der Waals surface area contributed by atoms with Crippen molar-refractivity contribution < 1.29 is 4.42 Å². The predicted octanol–water partition coefficient (Wildman–Crippen LogP) is 15.2. The van der Waals surface area contributed by atoms with Crippen molar-refractivity contribution in [3.63, 3.8) is 0 Å². The molecule has 0 fully saturated rings. The lowest BCUT2D eigenvalue weighted by Crippen LogP contribution is -2.38. The van der Waals surface area contributed by atoms with Crippen LogP contribution in [0, 0.1) is 0 Å². The molecule has 2 aliphatic rings. The van der Waals surface area contributed by atoms with Crippen molar-refractivity contribution in [1.82, 2.24) is 4.57 Å². The van der Waals surface area contributed by atoms with Crippen LogP contribution in [0.15, 0.2) is 114 Å². The van der Waals surface area contributed by atoms with E-state index in [1.54, 1.807) is 0 Å².